The Balaban J connectivity index is 2.15. The third-order valence-corrected chi connectivity index (χ3v) is 4.59. The van der Waals surface area contributed by atoms with Gasteiger partial charge in [0, 0.05) is 18.1 Å². The second kappa shape index (κ2) is 5.81. The highest BCUT2D eigenvalue weighted by molar-refractivity contribution is 7.10. The fourth-order valence-electron chi connectivity index (χ4n) is 2.35. The smallest absolute Gasteiger partial charge is 0.349 e. The van der Waals surface area contributed by atoms with Crippen LogP contribution in [-0.4, -0.2) is 21.4 Å². The molecule has 0 saturated heterocycles. The average molecular weight is 330 g/mol. The topological polar surface area (TPSA) is 80.8 Å². The molecule has 0 spiro atoms. The Morgan fingerprint density at radius 1 is 1.39 bits per heavy atom. The number of rotatable bonds is 4. The van der Waals surface area contributed by atoms with Crippen LogP contribution in [0.25, 0.3) is 5.65 Å². The van der Waals surface area contributed by atoms with Gasteiger partial charge < -0.3 is 4.90 Å². The van der Waals surface area contributed by atoms with E-state index in [4.69, 9.17) is 0 Å². The molecular weight excluding hydrogens is 316 g/mol. The lowest BCUT2D eigenvalue weighted by Gasteiger charge is -2.18. The van der Waals surface area contributed by atoms with Crippen LogP contribution in [-0.2, 0) is 6.54 Å². The summed E-state index contributed by atoms with van der Waals surface area (Å²) in [6.07, 6.45) is 1.48. The number of nitrogens with zero attached hydrogens (tertiary/aromatic N) is 4. The SMILES string of the molecule is Cc1ccsc1CN(C)c1nc2ccccn2c(=O)c1[N+](=O)[O-]. The summed E-state index contributed by atoms with van der Waals surface area (Å²) >= 11 is 1.57. The van der Waals surface area contributed by atoms with Crippen molar-refractivity contribution in [2.45, 2.75) is 13.5 Å². The number of anilines is 1. The Labute approximate surface area is 135 Å². The molecule has 0 unspecified atom stereocenters. The molecule has 3 rings (SSSR count). The Morgan fingerprint density at radius 2 is 2.17 bits per heavy atom. The van der Waals surface area contributed by atoms with Crippen LogP contribution in [0.2, 0.25) is 0 Å². The standard InChI is InChI=1S/C15H14N4O3S/c1-10-6-8-23-11(10)9-17(2)14-13(19(21)22)15(20)18-7-4-3-5-12(18)16-14/h3-8H,9H2,1-2H3. The van der Waals surface area contributed by atoms with Crippen molar-refractivity contribution in [3.8, 4) is 0 Å². The Hall–Kier alpha value is -2.74. The van der Waals surface area contributed by atoms with Crippen LogP contribution in [0.4, 0.5) is 11.5 Å². The van der Waals surface area contributed by atoms with Gasteiger partial charge in [0.25, 0.3) is 0 Å². The zero-order valence-corrected chi connectivity index (χ0v) is 13.4. The quantitative estimate of drug-likeness (QED) is 0.542. The zero-order valence-electron chi connectivity index (χ0n) is 12.6. The zero-order chi connectivity index (χ0) is 16.6. The van der Waals surface area contributed by atoms with E-state index in [1.165, 1.54) is 10.6 Å². The van der Waals surface area contributed by atoms with Gasteiger partial charge in [-0.3, -0.25) is 19.3 Å². The molecule has 3 aromatic rings. The number of thiophene rings is 1. The van der Waals surface area contributed by atoms with Gasteiger partial charge in [-0.25, -0.2) is 4.98 Å². The summed E-state index contributed by atoms with van der Waals surface area (Å²) in [6, 6.07) is 7.02. The van der Waals surface area contributed by atoms with Crippen LogP contribution >= 0.6 is 11.3 Å². The van der Waals surface area contributed by atoms with Gasteiger partial charge in [0.15, 0.2) is 0 Å². The molecule has 0 aliphatic rings. The minimum atomic E-state index is -0.676. The van der Waals surface area contributed by atoms with E-state index < -0.39 is 16.2 Å². The van der Waals surface area contributed by atoms with Crippen molar-refractivity contribution in [1.29, 1.82) is 0 Å². The van der Waals surface area contributed by atoms with E-state index in [9.17, 15) is 14.9 Å². The summed E-state index contributed by atoms with van der Waals surface area (Å²) in [4.78, 5) is 30.2. The molecule has 8 heteroatoms. The van der Waals surface area contributed by atoms with Crippen LogP contribution in [0.3, 0.4) is 0 Å². The maximum Gasteiger partial charge on any atom is 0.376 e. The largest absolute Gasteiger partial charge is 0.376 e. The van der Waals surface area contributed by atoms with E-state index >= 15 is 0 Å². The molecule has 0 aliphatic carbocycles. The number of hydrogen-bond donors (Lipinski definition) is 0. The number of aryl methyl sites for hydroxylation is 1. The monoisotopic (exact) mass is 330 g/mol. The molecule has 3 aromatic heterocycles. The van der Waals surface area contributed by atoms with Gasteiger partial charge in [0.1, 0.15) is 5.65 Å². The lowest BCUT2D eigenvalue weighted by Crippen LogP contribution is -2.26. The summed E-state index contributed by atoms with van der Waals surface area (Å²) in [5, 5.41) is 13.4. The first kappa shape index (κ1) is 15.2. The average Bonchev–Trinajstić information content (AvgIpc) is 2.92. The van der Waals surface area contributed by atoms with Crippen LogP contribution in [0.5, 0.6) is 0 Å². The molecule has 0 aromatic carbocycles. The molecule has 23 heavy (non-hydrogen) atoms. The number of hydrogen-bond acceptors (Lipinski definition) is 6. The number of aromatic nitrogens is 2. The highest BCUT2D eigenvalue weighted by Gasteiger charge is 2.26. The van der Waals surface area contributed by atoms with Crippen molar-refractivity contribution >= 4 is 28.5 Å². The van der Waals surface area contributed by atoms with Gasteiger partial charge in [-0.1, -0.05) is 6.07 Å². The van der Waals surface area contributed by atoms with E-state index in [-0.39, 0.29) is 5.82 Å². The summed E-state index contributed by atoms with van der Waals surface area (Å²) < 4.78 is 1.19. The molecule has 0 atom stereocenters. The fraction of sp³-hybridized carbons (Fsp3) is 0.200. The maximum absolute atomic E-state index is 12.4. The van der Waals surface area contributed by atoms with Gasteiger partial charge in [0.05, 0.1) is 11.5 Å². The molecule has 0 bridgehead atoms. The van der Waals surface area contributed by atoms with E-state index in [0.717, 1.165) is 10.4 Å². The lowest BCUT2D eigenvalue weighted by atomic mass is 10.3. The van der Waals surface area contributed by atoms with E-state index in [0.29, 0.717) is 12.2 Å². The Bertz CT molecular complexity index is 947. The molecule has 3 heterocycles. The Morgan fingerprint density at radius 3 is 2.83 bits per heavy atom. The normalized spacial score (nSPS) is 10.9. The molecule has 118 valence electrons. The molecule has 0 amide bonds. The highest BCUT2D eigenvalue weighted by Crippen LogP contribution is 2.25. The molecule has 0 N–H and O–H groups in total. The van der Waals surface area contributed by atoms with Gasteiger partial charge in [-0.2, -0.15) is 0 Å². The van der Waals surface area contributed by atoms with Crippen LogP contribution in [0.1, 0.15) is 10.4 Å². The van der Waals surface area contributed by atoms with Crippen molar-refractivity contribution in [2.24, 2.45) is 0 Å². The summed E-state index contributed by atoms with van der Waals surface area (Å²) in [7, 11) is 1.70. The third kappa shape index (κ3) is 2.68. The van der Waals surface area contributed by atoms with Crippen LogP contribution in [0, 0.1) is 17.0 Å². The molecule has 0 saturated carbocycles. The number of nitro groups is 1. The highest BCUT2D eigenvalue weighted by atomic mass is 32.1. The molecular formula is C15H14N4O3S. The third-order valence-electron chi connectivity index (χ3n) is 3.59. The summed E-state index contributed by atoms with van der Waals surface area (Å²) in [5.74, 6) is 0.0824. The van der Waals surface area contributed by atoms with E-state index in [1.807, 2.05) is 18.4 Å². The first-order valence-corrected chi connectivity index (χ1v) is 7.77. The van der Waals surface area contributed by atoms with Gasteiger partial charge in [0.2, 0.25) is 5.82 Å². The first-order chi connectivity index (χ1) is 11.0. The van der Waals surface area contributed by atoms with E-state index in [2.05, 4.69) is 4.98 Å². The van der Waals surface area contributed by atoms with Crippen molar-refractivity contribution in [1.82, 2.24) is 9.38 Å². The molecule has 0 aliphatic heterocycles. The second-order valence-electron chi connectivity index (χ2n) is 5.16. The van der Waals surface area contributed by atoms with E-state index in [1.54, 1.807) is 41.5 Å². The lowest BCUT2D eigenvalue weighted by molar-refractivity contribution is -0.385. The van der Waals surface area contributed by atoms with Crippen LogP contribution in [0.15, 0.2) is 40.6 Å². The minimum Gasteiger partial charge on any atom is -0.349 e. The fourth-order valence-corrected chi connectivity index (χ4v) is 3.31. The van der Waals surface area contributed by atoms with Crippen molar-refractivity contribution in [3.05, 3.63) is 66.8 Å². The second-order valence-corrected chi connectivity index (χ2v) is 6.16. The van der Waals surface area contributed by atoms with Crippen LogP contribution < -0.4 is 10.5 Å². The summed E-state index contributed by atoms with van der Waals surface area (Å²) in [6.45, 7) is 2.44. The first-order valence-electron chi connectivity index (χ1n) is 6.89. The predicted molar refractivity (Wildman–Crippen MR) is 89.3 cm³/mol. The number of pyridine rings is 1. The van der Waals surface area contributed by atoms with Gasteiger partial charge >= 0.3 is 11.2 Å². The van der Waals surface area contributed by atoms with Crippen molar-refractivity contribution in [2.75, 3.05) is 11.9 Å². The van der Waals surface area contributed by atoms with Crippen molar-refractivity contribution in [3.63, 3.8) is 0 Å². The molecule has 0 radical (unpaired) electrons. The van der Waals surface area contributed by atoms with Gasteiger partial charge in [-0.15, -0.1) is 11.3 Å². The summed E-state index contributed by atoms with van der Waals surface area (Å²) in [5.41, 5.74) is 0.311. The molecule has 7 nitrogen and oxygen atoms in total. The Kier molecular flexibility index (Phi) is 3.83. The van der Waals surface area contributed by atoms with Gasteiger partial charge in [-0.05, 0) is 36.1 Å². The van der Waals surface area contributed by atoms with Crippen molar-refractivity contribution < 1.29 is 4.92 Å². The minimum absolute atomic E-state index is 0.0824. The maximum atomic E-state index is 12.4. The molecule has 0 fully saturated rings. The number of fused-ring (bicyclic) bond motifs is 1. The predicted octanol–water partition coefficient (Wildman–Crippen LogP) is 2.61.